The third kappa shape index (κ3) is 5.67. The van der Waals surface area contributed by atoms with Gasteiger partial charge in [-0.1, -0.05) is 55.5 Å². The van der Waals surface area contributed by atoms with Crippen LogP contribution in [0.5, 0.6) is 5.75 Å². The first-order chi connectivity index (χ1) is 13.7. The molecule has 1 aromatic heterocycles. The zero-order valence-corrected chi connectivity index (χ0v) is 17.2. The minimum Gasteiger partial charge on any atom is -0.486 e. The lowest BCUT2D eigenvalue weighted by molar-refractivity contribution is -0.133. The van der Waals surface area contributed by atoms with Gasteiger partial charge in [-0.15, -0.1) is 11.3 Å². The Labute approximate surface area is 170 Å². The molecule has 0 bridgehead atoms. The van der Waals surface area contributed by atoms with Crippen LogP contribution >= 0.6 is 11.3 Å². The molecule has 0 radical (unpaired) electrons. The van der Waals surface area contributed by atoms with Gasteiger partial charge in [0.05, 0.1) is 18.7 Å². The van der Waals surface area contributed by atoms with Gasteiger partial charge in [-0.25, -0.2) is 4.98 Å². The van der Waals surface area contributed by atoms with Crippen LogP contribution < -0.4 is 4.74 Å². The first-order valence-corrected chi connectivity index (χ1v) is 10.5. The van der Waals surface area contributed by atoms with Crippen molar-refractivity contribution in [3.8, 4) is 5.75 Å². The number of nitrogens with zero attached hydrogens (tertiary/aromatic N) is 2. The summed E-state index contributed by atoms with van der Waals surface area (Å²) in [6, 6.07) is 19.8. The molecule has 0 fully saturated rings. The summed E-state index contributed by atoms with van der Waals surface area (Å²) in [4.78, 5) is 19.5. The van der Waals surface area contributed by atoms with Crippen molar-refractivity contribution in [3.63, 3.8) is 0 Å². The molecule has 0 aliphatic heterocycles. The maximum absolute atomic E-state index is 12.9. The summed E-state index contributed by atoms with van der Waals surface area (Å²) in [5.74, 6) is 0.967. The molecule has 0 spiro atoms. The van der Waals surface area contributed by atoms with Gasteiger partial charge in [-0.3, -0.25) is 4.79 Å². The van der Waals surface area contributed by atoms with Crippen LogP contribution in [-0.2, 0) is 24.4 Å². The van der Waals surface area contributed by atoms with E-state index in [4.69, 9.17) is 4.74 Å². The predicted molar refractivity (Wildman–Crippen MR) is 113 cm³/mol. The third-order valence-electron chi connectivity index (χ3n) is 4.68. The second-order valence-electron chi connectivity index (χ2n) is 6.78. The lowest BCUT2D eigenvalue weighted by Gasteiger charge is -2.28. The van der Waals surface area contributed by atoms with E-state index in [0.717, 1.165) is 28.4 Å². The van der Waals surface area contributed by atoms with Crippen molar-refractivity contribution < 1.29 is 9.53 Å². The SMILES string of the molecule is CC[C@H](C)N(Cc1csc(COc2ccccc2)n1)C(=O)Cc1ccccc1. The maximum atomic E-state index is 12.9. The van der Waals surface area contributed by atoms with Crippen molar-refractivity contribution in [2.45, 2.75) is 45.9 Å². The van der Waals surface area contributed by atoms with Crippen molar-refractivity contribution in [3.05, 3.63) is 82.3 Å². The summed E-state index contributed by atoms with van der Waals surface area (Å²) in [5.41, 5.74) is 1.95. The van der Waals surface area contributed by atoms with Gasteiger partial charge in [0.2, 0.25) is 5.91 Å². The highest BCUT2D eigenvalue weighted by Gasteiger charge is 2.20. The van der Waals surface area contributed by atoms with Crippen LogP contribution in [0.15, 0.2) is 66.0 Å². The standard InChI is InChI=1S/C23H26N2O2S/c1-3-18(2)25(23(26)14-19-10-6-4-7-11-19)15-20-17-28-22(24-20)16-27-21-12-8-5-9-13-21/h4-13,17-18H,3,14-16H2,1-2H3/t18-/m0/s1. The van der Waals surface area contributed by atoms with E-state index in [-0.39, 0.29) is 11.9 Å². The fraction of sp³-hybridized carbons (Fsp3) is 0.304. The minimum atomic E-state index is 0.135. The molecule has 146 valence electrons. The molecular formula is C23H26N2O2S. The van der Waals surface area contributed by atoms with Crippen molar-refractivity contribution in [2.24, 2.45) is 0 Å². The number of amides is 1. The fourth-order valence-electron chi connectivity index (χ4n) is 2.91. The maximum Gasteiger partial charge on any atom is 0.227 e. The molecule has 0 saturated heterocycles. The summed E-state index contributed by atoms with van der Waals surface area (Å²) in [5, 5.41) is 2.94. The minimum absolute atomic E-state index is 0.135. The number of rotatable bonds is 9. The number of thiazole rings is 1. The molecule has 0 unspecified atom stereocenters. The highest BCUT2D eigenvalue weighted by molar-refractivity contribution is 7.09. The molecule has 28 heavy (non-hydrogen) atoms. The van der Waals surface area contributed by atoms with Crippen LogP contribution in [0, 0.1) is 0 Å². The first-order valence-electron chi connectivity index (χ1n) is 9.60. The number of carbonyl (C=O) groups excluding carboxylic acids is 1. The summed E-state index contributed by atoms with van der Waals surface area (Å²) < 4.78 is 5.77. The van der Waals surface area contributed by atoms with E-state index in [0.29, 0.717) is 19.6 Å². The van der Waals surface area contributed by atoms with Gasteiger partial charge < -0.3 is 9.64 Å². The first kappa shape index (κ1) is 20.1. The van der Waals surface area contributed by atoms with Gasteiger partial charge in [-0.05, 0) is 31.0 Å². The van der Waals surface area contributed by atoms with Gasteiger partial charge in [-0.2, -0.15) is 0 Å². The van der Waals surface area contributed by atoms with Crippen LogP contribution in [0.25, 0.3) is 0 Å². The molecule has 1 amide bonds. The molecule has 1 atom stereocenters. The average Bonchev–Trinajstić information content (AvgIpc) is 3.19. The largest absolute Gasteiger partial charge is 0.486 e. The van der Waals surface area contributed by atoms with Crippen LogP contribution in [0.1, 0.15) is 36.5 Å². The number of ether oxygens (including phenoxy) is 1. The molecule has 0 aliphatic rings. The lowest BCUT2D eigenvalue weighted by Crippen LogP contribution is -2.38. The van der Waals surface area contributed by atoms with E-state index in [1.807, 2.05) is 70.9 Å². The summed E-state index contributed by atoms with van der Waals surface area (Å²) >= 11 is 1.57. The van der Waals surface area contributed by atoms with Crippen LogP contribution in [0.2, 0.25) is 0 Å². The third-order valence-corrected chi connectivity index (χ3v) is 5.55. The van der Waals surface area contributed by atoms with Gasteiger partial charge in [0.15, 0.2) is 0 Å². The van der Waals surface area contributed by atoms with E-state index in [9.17, 15) is 4.79 Å². The zero-order valence-electron chi connectivity index (χ0n) is 16.4. The summed E-state index contributed by atoms with van der Waals surface area (Å²) in [6.07, 6.45) is 1.33. The van der Waals surface area contributed by atoms with Crippen molar-refractivity contribution >= 4 is 17.2 Å². The molecule has 1 heterocycles. The number of aromatic nitrogens is 1. The lowest BCUT2D eigenvalue weighted by atomic mass is 10.1. The topological polar surface area (TPSA) is 42.4 Å². The molecule has 0 N–H and O–H groups in total. The zero-order chi connectivity index (χ0) is 19.8. The van der Waals surface area contributed by atoms with E-state index in [1.165, 1.54) is 0 Å². The molecule has 5 heteroatoms. The van der Waals surface area contributed by atoms with Gasteiger partial charge in [0.1, 0.15) is 17.4 Å². The van der Waals surface area contributed by atoms with Crippen molar-refractivity contribution in [1.29, 1.82) is 0 Å². The monoisotopic (exact) mass is 394 g/mol. The average molecular weight is 395 g/mol. The van der Waals surface area contributed by atoms with E-state index in [1.54, 1.807) is 11.3 Å². The smallest absolute Gasteiger partial charge is 0.227 e. The second-order valence-corrected chi connectivity index (χ2v) is 7.72. The van der Waals surface area contributed by atoms with Gasteiger partial charge in [0, 0.05) is 11.4 Å². The Balaban J connectivity index is 1.62. The van der Waals surface area contributed by atoms with E-state index in [2.05, 4.69) is 18.8 Å². The Morgan fingerprint density at radius 1 is 1.11 bits per heavy atom. The Bertz CT molecular complexity index is 865. The van der Waals surface area contributed by atoms with E-state index >= 15 is 0 Å². The molecule has 4 nitrogen and oxygen atoms in total. The number of benzene rings is 2. The predicted octanol–water partition coefficient (Wildman–Crippen LogP) is 5.09. The molecule has 0 aliphatic carbocycles. The second kappa shape index (κ2) is 10.0. The number of para-hydroxylation sites is 1. The molecular weight excluding hydrogens is 368 g/mol. The van der Waals surface area contributed by atoms with E-state index < -0.39 is 0 Å². The fourth-order valence-corrected chi connectivity index (χ4v) is 3.60. The van der Waals surface area contributed by atoms with Crippen molar-refractivity contribution in [2.75, 3.05) is 0 Å². The Hall–Kier alpha value is -2.66. The van der Waals surface area contributed by atoms with Gasteiger partial charge in [0.25, 0.3) is 0 Å². The highest BCUT2D eigenvalue weighted by Crippen LogP contribution is 2.18. The highest BCUT2D eigenvalue weighted by atomic mass is 32.1. The van der Waals surface area contributed by atoms with Crippen LogP contribution in [0.3, 0.4) is 0 Å². The Morgan fingerprint density at radius 2 is 1.79 bits per heavy atom. The van der Waals surface area contributed by atoms with Crippen LogP contribution in [-0.4, -0.2) is 21.8 Å². The number of hydrogen-bond acceptors (Lipinski definition) is 4. The normalized spacial score (nSPS) is 11.8. The van der Waals surface area contributed by atoms with Crippen molar-refractivity contribution in [1.82, 2.24) is 9.88 Å². The Morgan fingerprint density at radius 3 is 2.46 bits per heavy atom. The van der Waals surface area contributed by atoms with Gasteiger partial charge >= 0.3 is 0 Å². The quantitative estimate of drug-likeness (QED) is 0.507. The molecule has 3 rings (SSSR count). The van der Waals surface area contributed by atoms with Crippen LogP contribution in [0.4, 0.5) is 0 Å². The number of carbonyl (C=O) groups is 1. The summed E-state index contributed by atoms with van der Waals surface area (Å²) in [7, 11) is 0. The summed E-state index contributed by atoms with van der Waals surface area (Å²) in [6.45, 7) is 5.17. The molecule has 3 aromatic rings. The molecule has 0 saturated carbocycles. The Kier molecular flexibility index (Phi) is 7.20. The number of hydrogen-bond donors (Lipinski definition) is 0. The molecule has 2 aromatic carbocycles.